The first-order valence-corrected chi connectivity index (χ1v) is 11.3. The van der Waals surface area contributed by atoms with E-state index in [1.54, 1.807) is 34.0 Å². The molecule has 28 heavy (non-hydrogen) atoms. The van der Waals surface area contributed by atoms with Gasteiger partial charge >= 0.3 is 0 Å². The number of hydroxylamine groups is 2. The van der Waals surface area contributed by atoms with E-state index in [1.807, 2.05) is 90.1 Å². The van der Waals surface area contributed by atoms with Crippen molar-refractivity contribution in [2.24, 2.45) is 0 Å². The second kappa shape index (κ2) is 9.05. The fourth-order valence-electron chi connectivity index (χ4n) is 1.97. The van der Waals surface area contributed by atoms with E-state index in [0.717, 1.165) is 30.4 Å². The third-order valence-corrected chi connectivity index (χ3v) is 6.27. The zero-order valence-corrected chi connectivity index (χ0v) is 18.9. The molecule has 0 saturated carbocycles. The summed E-state index contributed by atoms with van der Waals surface area (Å²) in [4.78, 5) is 2.23. The summed E-state index contributed by atoms with van der Waals surface area (Å²) in [5.74, 6) is 0. The van der Waals surface area contributed by atoms with Crippen molar-refractivity contribution >= 4 is 34.0 Å². The Kier molecular flexibility index (Phi) is 7.23. The molecule has 4 nitrogen and oxygen atoms in total. The second-order valence-electron chi connectivity index (χ2n) is 8.56. The lowest BCUT2D eigenvalue weighted by Crippen LogP contribution is -2.29. The van der Waals surface area contributed by atoms with Gasteiger partial charge in [0.25, 0.3) is 0 Å². The van der Waals surface area contributed by atoms with Crippen molar-refractivity contribution in [3.8, 4) is 0 Å². The molecule has 0 radical (unpaired) electrons. The first kappa shape index (κ1) is 22.4. The van der Waals surface area contributed by atoms with Crippen LogP contribution in [0.5, 0.6) is 0 Å². The lowest BCUT2D eigenvalue weighted by Gasteiger charge is -2.18. The maximum atomic E-state index is 12.0. The Hall–Kier alpha value is -1.92. The summed E-state index contributed by atoms with van der Waals surface area (Å²) >= 11 is 0. The molecule has 150 valence electrons. The number of nitrogens with zero attached hydrogens (tertiary/aromatic N) is 2. The summed E-state index contributed by atoms with van der Waals surface area (Å²) in [6, 6.07) is 15.9. The summed E-state index contributed by atoms with van der Waals surface area (Å²) in [6.07, 6.45) is 3.24. The molecule has 0 heterocycles. The molecule has 0 aromatic heterocycles. The molecule has 0 bridgehead atoms. The minimum Gasteiger partial charge on any atom is -0.623 e. The molecule has 0 atom stereocenters. The van der Waals surface area contributed by atoms with Crippen LogP contribution in [-0.4, -0.2) is 33.0 Å². The van der Waals surface area contributed by atoms with Gasteiger partial charge in [-0.15, -0.1) is 0 Å². The summed E-state index contributed by atoms with van der Waals surface area (Å²) in [5.41, 5.74) is 0.895. The SMILES string of the molecule is CC(C)(C)/[N+]([O-])=C/c1ccc(SSc2ccc(/C=[N+](/[O-])C(C)(C)C)cc2)cc1. The van der Waals surface area contributed by atoms with Gasteiger partial charge in [-0.1, -0.05) is 21.6 Å². The Bertz CT molecular complexity index is 771. The van der Waals surface area contributed by atoms with E-state index in [-0.39, 0.29) is 0 Å². The van der Waals surface area contributed by atoms with Crippen LogP contribution in [0.1, 0.15) is 52.7 Å². The zero-order chi connectivity index (χ0) is 20.9. The van der Waals surface area contributed by atoms with Gasteiger partial charge in [0.05, 0.1) is 0 Å². The average Bonchev–Trinajstić information content (AvgIpc) is 2.60. The van der Waals surface area contributed by atoms with Crippen LogP contribution in [0.4, 0.5) is 0 Å². The van der Waals surface area contributed by atoms with Crippen molar-refractivity contribution in [3.05, 3.63) is 70.1 Å². The molecule has 0 amide bonds. The number of benzene rings is 2. The van der Waals surface area contributed by atoms with Crippen LogP contribution in [0.3, 0.4) is 0 Å². The summed E-state index contributed by atoms with van der Waals surface area (Å²) in [6.45, 7) is 11.3. The van der Waals surface area contributed by atoms with Crippen LogP contribution in [0.15, 0.2) is 58.3 Å². The molecule has 0 aliphatic heterocycles. The van der Waals surface area contributed by atoms with Crippen LogP contribution >= 0.6 is 21.6 Å². The van der Waals surface area contributed by atoms with E-state index in [4.69, 9.17) is 0 Å². The minimum absolute atomic E-state index is 0.442. The first-order valence-electron chi connectivity index (χ1n) is 9.12. The van der Waals surface area contributed by atoms with Gasteiger partial charge in [-0.3, -0.25) is 0 Å². The standard InChI is InChI=1S/C22H28N2O2S2/c1-21(2,3)23(25)15-17-7-11-19(12-8-17)27-28-20-13-9-18(10-14-20)16-24(26)22(4,5)6/h7-16H,1-6H3/b23-15-,24-16+. The first-order chi connectivity index (χ1) is 12.9. The lowest BCUT2D eigenvalue weighted by molar-refractivity contribution is -0.530. The van der Waals surface area contributed by atoms with Crippen molar-refractivity contribution in [1.82, 2.24) is 0 Å². The molecular weight excluding hydrogens is 388 g/mol. The fourth-order valence-corrected chi connectivity index (χ4v) is 3.90. The Morgan fingerprint density at radius 1 is 0.607 bits per heavy atom. The third-order valence-electron chi connectivity index (χ3n) is 3.85. The van der Waals surface area contributed by atoms with Crippen LogP contribution in [-0.2, 0) is 0 Å². The minimum atomic E-state index is -0.442. The number of rotatable bonds is 5. The lowest BCUT2D eigenvalue weighted by atomic mass is 10.1. The summed E-state index contributed by atoms with van der Waals surface area (Å²) < 4.78 is 1.95. The van der Waals surface area contributed by atoms with Crippen molar-refractivity contribution in [3.63, 3.8) is 0 Å². The Morgan fingerprint density at radius 2 is 0.893 bits per heavy atom. The van der Waals surface area contributed by atoms with Crippen LogP contribution in [0, 0.1) is 10.4 Å². The molecule has 0 N–H and O–H groups in total. The van der Waals surface area contributed by atoms with Crippen LogP contribution in [0.2, 0.25) is 0 Å². The molecule has 2 rings (SSSR count). The Balaban J connectivity index is 1.97. The predicted octanol–water partition coefficient (Wildman–Crippen LogP) is 5.94. The molecule has 0 fully saturated rings. The topological polar surface area (TPSA) is 52.1 Å². The smallest absolute Gasteiger partial charge is 0.182 e. The maximum absolute atomic E-state index is 12.0. The van der Waals surface area contributed by atoms with Gasteiger partial charge in [-0.05, 0) is 48.5 Å². The van der Waals surface area contributed by atoms with E-state index in [1.165, 1.54) is 0 Å². The predicted molar refractivity (Wildman–Crippen MR) is 122 cm³/mol. The third kappa shape index (κ3) is 6.91. The molecule has 0 aliphatic carbocycles. The largest absolute Gasteiger partial charge is 0.623 e. The number of hydrogen-bond donors (Lipinski definition) is 0. The molecule has 2 aromatic rings. The Morgan fingerprint density at radius 3 is 1.14 bits per heavy atom. The zero-order valence-electron chi connectivity index (χ0n) is 17.3. The van der Waals surface area contributed by atoms with Gasteiger partial charge in [0, 0.05) is 62.5 Å². The molecule has 0 spiro atoms. The van der Waals surface area contributed by atoms with E-state index in [0.29, 0.717) is 0 Å². The molecule has 0 saturated heterocycles. The highest BCUT2D eigenvalue weighted by atomic mass is 33.1. The van der Waals surface area contributed by atoms with Gasteiger partial charge in [0.15, 0.2) is 23.5 Å². The number of hydrogen-bond acceptors (Lipinski definition) is 4. The van der Waals surface area contributed by atoms with Gasteiger partial charge in [-0.2, -0.15) is 0 Å². The van der Waals surface area contributed by atoms with Crippen LogP contribution in [0.25, 0.3) is 0 Å². The van der Waals surface area contributed by atoms with Gasteiger partial charge < -0.3 is 10.4 Å². The summed E-state index contributed by atoms with van der Waals surface area (Å²) in [5, 5.41) is 24.0. The van der Waals surface area contributed by atoms with Gasteiger partial charge in [-0.25, -0.2) is 9.48 Å². The molecule has 2 aromatic carbocycles. The highest BCUT2D eigenvalue weighted by Crippen LogP contribution is 2.37. The van der Waals surface area contributed by atoms with Gasteiger partial charge in [0.2, 0.25) is 0 Å². The van der Waals surface area contributed by atoms with E-state index in [9.17, 15) is 10.4 Å². The van der Waals surface area contributed by atoms with E-state index in [2.05, 4.69) is 0 Å². The van der Waals surface area contributed by atoms with Crippen molar-refractivity contribution < 1.29 is 9.48 Å². The molecule has 0 unspecified atom stereocenters. The second-order valence-corrected chi connectivity index (χ2v) is 10.8. The van der Waals surface area contributed by atoms with Gasteiger partial charge in [0.1, 0.15) is 0 Å². The normalized spacial score (nSPS) is 13.6. The average molecular weight is 417 g/mol. The monoisotopic (exact) mass is 416 g/mol. The Labute approximate surface area is 175 Å². The molecular formula is C22H28N2O2S2. The quantitative estimate of drug-likeness (QED) is 0.199. The van der Waals surface area contributed by atoms with Crippen molar-refractivity contribution in [2.75, 3.05) is 0 Å². The molecule has 0 aliphatic rings. The highest BCUT2D eigenvalue weighted by Gasteiger charge is 2.18. The highest BCUT2D eigenvalue weighted by molar-refractivity contribution is 8.76. The molecule has 6 heteroatoms. The maximum Gasteiger partial charge on any atom is 0.182 e. The van der Waals surface area contributed by atoms with Crippen LogP contribution < -0.4 is 0 Å². The van der Waals surface area contributed by atoms with E-state index < -0.39 is 11.1 Å². The fraction of sp³-hybridized carbons (Fsp3) is 0.364. The van der Waals surface area contributed by atoms with Crippen molar-refractivity contribution in [2.45, 2.75) is 62.4 Å². The van der Waals surface area contributed by atoms with Crippen molar-refractivity contribution in [1.29, 1.82) is 0 Å². The van der Waals surface area contributed by atoms with E-state index >= 15 is 0 Å². The summed E-state index contributed by atoms with van der Waals surface area (Å²) in [7, 11) is 3.32.